The Labute approximate surface area is 161 Å². The monoisotopic (exact) mass is 364 g/mol. The maximum atomic E-state index is 13.2. The molecule has 1 aliphatic heterocycles. The molecule has 0 spiro atoms. The molecule has 142 valence electrons. The third-order valence-corrected chi connectivity index (χ3v) is 5.75. The number of fused-ring (bicyclic) bond motifs is 1. The summed E-state index contributed by atoms with van der Waals surface area (Å²) >= 11 is 0. The highest BCUT2D eigenvalue weighted by molar-refractivity contribution is 5.84. The van der Waals surface area contributed by atoms with Gasteiger partial charge in [-0.05, 0) is 36.0 Å². The SMILES string of the molecule is O=C(NC(CN1CCOCC1)c1ccccc1)C1CCCc2ccccc21. The fraction of sp³-hybridized carbons (Fsp3) is 0.435. The normalized spacial score (nSPS) is 21.3. The molecule has 4 heteroatoms. The molecule has 27 heavy (non-hydrogen) atoms. The zero-order valence-electron chi connectivity index (χ0n) is 15.8. The van der Waals surface area contributed by atoms with Gasteiger partial charge in [-0.2, -0.15) is 0 Å². The zero-order valence-corrected chi connectivity index (χ0v) is 15.8. The van der Waals surface area contributed by atoms with E-state index in [-0.39, 0.29) is 17.9 Å². The summed E-state index contributed by atoms with van der Waals surface area (Å²) < 4.78 is 5.47. The van der Waals surface area contributed by atoms with Crippen molar-refractivity contribution in [2.75, 3.05) is 32.8 Å². The Morgan fingerprint density at radius 2 is 1.81 bits per heavy atom. The number of benzene rings is 2. The Hall–Kier alpha value is -2.17. The summed E-state index contributed by atoms with van der Waals surface area (Å²) in [5.41, 5.74) is 3.70. The van der Waals surface area contributed by atoms with E-state index in [1.165, 1.54) is 16.7 Å². The number of hydrogen-bond donors (Lipinski definition) is 1. The van der Waals surface area contributed by atoms with E-state index in [4.69, 9.17) is 4.74 Å². The van der Waals surface area contributed by atoms with Gasteiger partial charge >= 0.3 is 0 Å². The van der Waals surface area contributed by atoms with Gasteiger partial charge in [0, 0.05) is 19.6 Å². The molecule has 2 aromatic carbocycles. The van der Waals surface area contributed by atoms with Crippen molar-refractivity contribution in [3.8, 4) is 0 Å². The number of carbonyl (C=O) groups excluding carboxylic acids is 1. The van der Waals surface area contributed by atoms with Crippen LogP contribution in [0.4, 0.5) is 0 Å². The van der Waals surface area contributed by atoms with Crippen molar-refractivity contribution in [1.82, 2.24) is 10.2 Å². The smallest absolute Gasteiger partial charge is 0.228 e. The van der Waals surface area contributed by atoms with Crippen LogP contribution in [0.5, 0.6) is 0 Å². The fourth-order valence-corrected chi connectivity index (χ4v) is 4.26. The number of morpholine rings is 1. The minimum atomic E-state index is -0.0362. The van der Waals surface area contributed by atoms with Gasteiger partial charge in [0.1, 0.15) is 0 Å². The number of rotatable bonds is 5. The number of aryl methyl sites for hydroxylation is 1. The number of nitrogens with zero attached hydrogens (tertiary/aromatic N) is 1. The van der Waals surface area contributed by atoms with Crippen molar-refractivity contribution in [3.63, 3.8) is 0 Å². The van der Waals surface area contributed by atoms with Crippen LogP contribution in [0.2, 0.25) is 0 Å². The van der Waals surface area contributed by atoms with Gasteiger partial charge in [0.15, 0.2) is 0 Å². The van der Waals surface area contributed by atoms with Crippen LogP contribution in [0, 0.1) is 0 Å². The van der Waals surface area contributed by atoms with Crippen LogP contribution in [-0.2, 0) is 16.0 Å². The van der Waals surface area contributed by atoms with Gasteiger partial charge in [-0.1, -0.05) is 54.6 Å². The van der Waals surface area contributed by atoms with Crippen LogP contribution >= 0.6 is 0 Å². The molecule has 1 fully saturated rings. The van der Waals surface area contributed by atoms with Gasteiger partial charge in [0.25, 0.3) is 0 Å². The van der Waals surface area contributed by atoms with Crippen molar-refractivity contribution in [1.29, 1.82) is 0 Å². The maximum Gasteiger partial charge on any atom is 0.228 e. The zero-order chi connectivity index (χ0) is 18.5. The minimum Gasteiger partial charge on any atom is -0.379 e. The molecular weight excluding hydrogens is 336 g/mol. The summed E-state index contributed by atoms with van der Waals surface area (Å²) in [6.07, 6.45) is 3.09. The molecule has 4 rings (SSSR count). The molecule has 1 heterocycles. The van der Waals surface area contributed by atoms with Crippen LogP contribution < -0.4 is 5.32 Å². The second-order valence-corrected chi connectivity index (χ2v) is 7.53. The molecule has 0 saturated carbocycles. The Kier molecular flexibility index (Phi) is 5.85. The predicted octanol–water partition coefficient (Wildman–Crippen LogP) is 3.30. The lowest BCUT2D eigenvalue weighted by Gasteiger charge is -2.32. The number of amides is 1. The van der Waals surface area contributed by atoms with E-state index >= 15 is 0 Å². The number of nitrogens with one attached hydrogen (secondary N) is 1. The quantitative estimate of drug-likeness (QED) is 0.885. The summed E-state index contributed by atoms with van der Waals surface area (Å²) in [5.74, 6) is 0.120. The maximum absolute atomic E-state index is 13.2. The molecule has 4 nitrogen and oxygen atoms in total. The van der Waals surface area contributed by atoms with Gasteiger partial charge in [0.05, 0.1) is 25.2 Å². The first-order chi connectivity index (χ1) is 13.3. The van der Waals surface area contributed by atoms with Gasteiger partial charge in [-0.25, -0.2) is 0 Å². The van der Waals surface area contributed by atoms with Crippen molar-refractivity contribution >= 4 is 5.91 Å². The predicted molar refractivity (Wildman–Crippen MR) is 107 cm³/mol. The Morgan fingerprint density at radius 3 is 2.63 bits per heavy atom. The molecule has 1 saturated heterocycles. The van der Waals surface area contributed by atoms with Crippen molar-refractivity contribution in [2.24, 2.45) is 0 Å². The van der Waals surface area contributed by atoms with Gasteiger partial charge in [0.2, 0.25) is 5.91 Å². The molecule has 1 amide bonds. The average molecular weight is 364 g/mol. The molecule has 2 atom stereocenters. The topological polar surface area (TPSA) is 41.6 Å². The lowest BCUT2D eigenvalue weighted by molar-refractivity contribution is -0.123. The lowest BCUT2D eigenvalue weighted by Crippen LogP contribution is -2.44. The third kappa shape index (κ3) is 4.40. The first-order valence-electron chi connectivity index (χ1n) is 10.0. The molecule has 0 aromatic heterocycles. The van der Waals surface area contributed by atoms with E-state index in [0.717, 1.165) is 52.1 Å². The number of carbonyl (C=O) groups is 1. The molecule has 2 aromatic rings. The Balaban J connectivity index is 1.52. The Morgan fingerprint density at radius 1 is 1.07 bits per heavy atom. The van der Waals surface area contributed by atoms with Crippen molar-refractivity contribution in [3.05, 3.63) is 71.3 Å². The van der Waals surface area contributed by atoms with E-state index in [1.807, 2.05) is 24.3 Å². The van der Waals surface area contributed by atoms with Gasteiger partial charge in [-0.3, -0.25) is 9.69 Å². The van der Waals surface area contributed by atoms with Crippen LogP contribution in [0.25, 0.3) is 0 Å². The average Bonchev–Trinajstić information content (AvgIpc) is 2.74. The van der Waals surface area contributed by atoms with E-state index < -0.39 is 0 Å². The summed E-state index contributed by atoms with van der Waals surface area (Å²) in [7, 11) is 0. The second kappa shape index (κ2) is 8.68. The fourth-order valence-electron chi connectivity index (χ4n) is 4.26. The highest BCUT2D eigenvalue weighted by atomic mass is 16.5. The standard InChI is InChI=1S/C23H28N2O2/c26-23(21-12-6-10-18-7-4-5-11-20(18)21)24-22(19-8-2-1-3-9-19)17-25-13-15-27-16-14-25/h1-5,7-9,11,21-22H,6,10,12-17H2,(H,24,26). The first-order valence-corrected chi connectivity index (χ1v) is 10.0. The van der Waals surface area contributed by atoms with Crippen LogP contribution in [-0.4, -0.2) is 43.7 Å². The van der Waals surface area contributed by atoms with Crippen LogP contribution in [0.15, 0.2) is 54.6 Å². The summed E-state index contributed by atoms with van der Waals surface area (Å²) in [6, 6.07) is 18.8. The number of hydrogen-bond acceptors (Lipinski definition) is 3. The van der Waals surface area contributed by atoms with Gasteiger partial charge in [-0.15, -0.1) is 0 Å². The van der Waals surface area contributed by atoms with E-state index in [0.29, 0.717) is 0 Å². The minimum absolute atomic E-state index is 0.00545. The molecule has 0 radical (unpaired) electrons. The van der Waals surface area contributed by atoms with Crippen LogP contribution in [0.3, 0.4) is 0 Å². The molecular formula is C23H28N2O2. The van der Waals surface area contributed by atoms with E-state index in [1.54, 1.807) is 0 Å². The largest absolute Gasteiger partial charge is 0.379 e. The Bertz CT molecular complexity index is 756. The van der Waals surface area contributed by atoms with E-state index in [9.17, 15) is 4.79 Å². The molecule has 0 bridgehead atoms. The molecule has 2 unspecified atom stereocenters. The summed E-state index contributed by atoms with van der Waals surface area (Å²) in [4.78, 5) is 15.6. The summed E-state index contributed by atoms with van der Waals surface area (Å²) in [6.45, 7) is 4.21. The second-order valence-electron chi connectivity index (χ2n) is 7.53. The molecule has 1 N–H and O–H groups in total. The molecule has 2 aliphatic rings. The highest BCUT2D eigenvalue weighted by Crippen LogP contribution is 2.32. The van der Waals surface area contributed by atoms with Gasteiger partial charge < -0.3 is 10.1 Å². The third-order valence-electron chi connectivity index (χ3n) is 5.75. The molecule has 1 aliphatic carbocycles. The first kappa shape index (κ1) is 18.2. The highest BCUT2D eigenvalue weighted by Gasteiger charge is 2.28. The number of ether oxygens (including phenoxy) is 1. The van der Waals surface area contributed by atoms with Crippen molar-refractivity contribution in [2.45, 2.75) is 31.2 Å². The summed E-state index contributed by atoms with van der Waals surface area (Å²) in [5, 5.41) is 3.37. The van der Waals surface area contributed by atoms with E-state index in [2.05, 4.69) is 40.5 Å². The van der Waals surface area contributed by atoms with Crippen LogP contribution in [0.1, 0.15) is 41.5 Å². The van der Waals surface area contributed by atoms with Crippen molar-refractivity contribution < 1.29 is 9.53 Å². The lowest BCUT2D eigenvalue weighted by atomic mass is 9.82.